The van der Waals surface area contributed by atoms with Crippen molar-refractivity contribution in [3.8, 4) is 11.5 Å². The molecule has 3 atom stereocenters. The zero-order valence-electron chi connectivity index (χ0n) is 13.8. The molecule has 0 heterocycles. The summed E-state index contributed by atoms with van der Waals surface area (Å²) in [7, 11) is 2.04. The fraction of sp³-hybridized carbons (Fsp3) is 0.667. The lowest BCUT2D eigenvalue weighted by Crippen LogP contribution is -2.46. The lowest BCUT2D eigenvalue weighted by atomic mass is 9.78. The first-order chi connectivity index (χ1) is 10.1. The molecule has 1 aromatic carbocycles. The SMILES string of the molecule is CCOc1cccc(OC2CC(C(C)C)CCC2NC)c1. The summed E-state index contributed by atoms with van der Waals surface area (Å²) >= 11 is 0. The van der Waals surface area contributed by atoms with Gasteiger partial charge in [0.1, 0.15) is 17.6 Å². The van der Waals surface area contributed by atoms with Crippen molar-refractivity contribution in [3.63, 3.8) is 0 Å². The molecule has 2 rings (SSSR count). The molecule has 0 bridgehead atoms. The molecular weight excluding hydrogens is 262 g/mol. The largest absolute Gasteiger partial charge is 0.494 e. The lowest BCUT2D eigenvalue weighted by Gasteiger charge is -2.37. The van der Waals surface area contributed by atoms with Gasteiger partial charge in [-0.15, -0.1) is 0 Å². The summed E-state index contributed by atoms with van der Waals surface area (Å²) in [5.74, 6) is 3.28. The van der Waals surface area contributed by atoms with Crippen LogP contribution in [-0.2, 0) is 0 Å². The maximum Gasteiger partial charge on any atom is 0.123 e. The second-order valence-electron chi connectivity index (χ2n) is 6.28. The Balaban J connectivity index is 2.05. The van der Waals surface area contributed by atoms with Gasteiger partial charge in [-0.2, -0.15) is 0 Å². The highest BCUT2D eigenvalue weighted by Crippen LogP contribution is 2.33. The first kappa shape index (κ1) is 16.2. The van der Waals surface area contributed by atoms with E-state index >= 15 is 0 Å². The molecule has 0 aromatic heterocycles. The topological polar surface area (TPSA) is 30.5 Å². The van der Waals surface area contributed by atoms with Crippen LogP contribution in [0.2, 0.25) is 0 Å². The Hall–Kier alpha value is -1.22. The highest BCUT2D eigenvalue weighted by atomic mass is 16.5. The van der Waals surface area contributed by atoms with Gasteiger partial charge < -0.3 is 14.8 Å². The summed E-state index contributed by atoms with van der Waals surface area (Å²) in [4.78, 5) is 0. The smallest absolute Gasteiger partial charge is 0.123 e. The van der Waals surface area contributed by atoms with Crippen molar-refractivity contribution in [2.75, 3.05) is 13.7 Å². The third-order valence-electron chi connectivity index (χ3n) is 4.55. The number of nitrogens with one attached hydrogen (secondary N) is 1. The van der Waals surface area contributed by atoms with Crippen LogP contribution < -0.4 is 14.8 Å². The highest BCUT2D eigenvalue weighted by molar-refractivity contribution is 5.33. The second-order valence-corrected chi connectivity index (χ2v) is 6.28. The highest BCUT2D eigenvalue weighted by Gasteiger charge is 2.32. The standard InChI is InChI=1S/C18H29NO2/c1-5-20-15-7-6-8-16(12-15)21-18-11-14(13(2)3)9-10-17(18)19-4/h6-8,12-14,17-19H,5,9-11H2,1-4H3. The van der Waals surface area contributed by atoms with Crippen molar-refractivity contribution in [3.05, 3.63) is 24.3 Å². The molecule has 1 aliphatic carbocycles. The zero-order chi connectivity index (χ0) is 15.2. The Labute approximate surface area is 129 Å². The van der Waals surface area contributed by atoms with Gasteiger partial charge in [0.25, 0.3) is 0 Å². The van der Waals surface area contributed by atoms with E-state index in [-0.39, 0.29) is 6.10 Å². The number of hydrogen-bond donors (Lipinski definition) is 1. The third-order valence-corrected chi connectivity index (χ3v) is 4.55. The molecule has 1 aromatic rings. The predicted molar refractivity (Wildman–Crippen MR) is 87.1 cm³/mol. The maximum atomic E-state index is 6.28. The Morgan fingerprint density at radius 3 is 2.67 bits per heavy atom. The maximum absolute atomic E-state index is 6.28. The van der Waals surface area contributed by atoms with Crippen LogP contribution in [0.15, 0.2) is 24.3 Å². The van der Waals surface area contributed by atoms with Crippen LogP contribution in [-0.4, -0.2) is 25.8 Å². The van der Waals surface area contributed by atoms with Crippen LogP contribution in [0.4, 0.5) is 0 Å². The molecule has 118 valence electrons. The van der Waals surface area contributed by atoms with Crippen molar-refractivity contribution in [1.29, 1.82) is 0 Å². The van der Waals surface area contributed by atoms with Gasteiger partial charge in [-0.1, -0.05) is 19.9 Å². The van der Waals surface area contributed by atoms with E-state index in [1.165, 1.54) is 12.8 Å². The molecule has 0 spiro atoms. The summed E-state index contributed by atoms with van der Waals surface area (Å²) in [5, 5.41) is 3.42. The number of benzene rings is 1. The van der Waals surface area contributed by atoms with Gasteiger partial charge >= 0.3 is 0 Å². The van der Waals surface area contributed by atoms with E-state index in [0.717, 1.165) is 29.8 Å². The zero-order valence-corrected chi connectivity index (χ0v) is 13.8. The van der Waals surface area contributed by atoms with Crippen molar-refractivity contribution in [2.45, 2.75) is 52.2 Å². The van der Waals surface area contributed by atoms with Crippen LogP contribution in [0.5, 0.6) is 11.5 Å². The third kappa shape index (κ3) is 4.37. The Bertz CT molecular complexity index is 433. The first-order valence-electron chi connectivity index (χ1n) is 8.20. The minimum atomic E-state index is 0.244. The van der Waals surface area contributed by atoms with E-state index in [9.17, 15) is 0 Å². The van der Waals surface area contributed by atoms with Crippen molar-refractivity contribution in [2.24, 2.45) is 11.8 Å². The monoisotopic (exact) mass is 291 g/mol. The van der Waals surface area contributed by atoms with Gasteiger partial charge in [0.15, 0.2) is 0 Å². The van der Waals surface area contributed by atoms with Gasteiger partial charge in [-0.3, -0.25) is 0 Å². The molecule has 3 nitrogen and oxygen atoms in total. The molecule has 0 saturated heterocycles. The summed E-state index contributed by atoms with van der Waals surface area (Å²) in [6, 6.07) is 8.43. The molecule has 1 saturated carbocycles. The average molecular weight is 291 g/mol. The van der Waals surface area contributed by atoms with E-state index in [2.05, 4.69) is 19.2 Å². The molecule has 1 aliphatic rings. The van der Waals surface area contributed by atoms with E-state index < -0.39 is 0 Å². The minimum Gasteiger partial charge on any atom is -0.494 e. The molecule has 3 unspecified atom stereocenters. The quantitative estimate of drug-likeness (QED) is 0.863. The first-order valence-corrected chi connectivity index (χ1v) is 8.20. The molecule has 3 heteroatoms. The second kappa shape index (κ2) is 7.69. The number of rotatable bonds is 6. The van der Waals surface area contributed by atoms with Gasteiger partial charge in [0.2, 0.25) is 0 Å². The van der Waals surface area contributed by atoms with Crippen LogP contribution >= 0.6 is 0 Å². The summed E-state index contributed by atoms with van der Waals surface area (Å²) in [6.45, 7) is 7.31. The van der Waals surface area contributed by atoms with Gasteiger partial charge in [0.05, 0.1) is 6.61 Å². The fourth-order valence-corrected chi connectivity index (χ4v) is 3.20. The molecular formula is C18H29NO2. The minimum absolute atomic E-state index is 0.244. The molecule has 0 aliphatic heterocycles. The summed E-state index contributed by atoms with van der Waals surface area (Å²) in [6.07, 6.45) is 3.85. The van der Waals surface area contributed by atoms with Gasteiger partial charge in [0, 0.05) is 12.1 Å². The average Bonchev–Trinajstić information content (AvgIpc) is 2.48. The predicted octanol–water partition coefficient (Wildman–Crippen LogP) is 3.88. The molecule has 0 radical (unpaired) electrons. The van der Waals surface area contributed by atoms with E-state index in [1.807, 2.05) is 38.2 Å². The van der Waals surface area contributed by atoms with E-state index in [0.29, 0.717) is 12.6 Å². The van der Waals surface area contributed by atoms with Crippen LogP contribution in [0, 0.1) is 11.8 Å². The summed E-state index contributed by atoms with van der Waals surface area (Å²) in [5.41, 5.74) is 0. The Morgan fingerprint density at radius 2 is 2.00 bits per heavy atom. The Morgan fingerprint density at radius 1 is 1.24 bits per heavy atom. The fourth-order valence-electron chi connectivity index (χ4n) is 3.20. The molecule has 1 N–H and O–H groups in total. The molecule has 21 heavy (non-hydrogen) atoms. The summed E-state index contributed by atoms with van der Waals surface area (Å²) < 4.78 is 11.8. The van der Waals surface area contributed by atoms with Crippen molar-refractivity contribution < 1.29 is 9.47 Å². The normalized spacial score (nSPS) is 25.9. The number of likely N-dealkylation sites (N-methyl/N-ethyl adjacent to an activating group) is 1. The van der Waals surface area contributed by atoms with E-state index in [1.54, 1.807) is 0 Å². The van der Waals surface area contributed by atoms with Gasteiger partial charge in [-0.05, 0) is 57.2 Å². The van der Waals surface area contributed by atoms with Crippen LogP contribution in [0.1, 0.15) is 40.0 Å². The van der Waals surface area contributed by atoms with Crippen LogP contribution in [0.25, 0.3) is 0 Å². The van der Waals surface area contributed by atoms with Gasteiger partial charge in [-0.25, -0.2) is 0 Å². The van der Waals surface area contributed by atoms with Crippen molar-refractivity contribution >= 4 is 0 Å². The van der Waals surface area contributed by atoms with E-state index in [4.69, 9.17) is 9.47 Å². The lowest BCUT2D eigenvalue weighted by molar-refractivity contribution is 0.0747. The molecule has 1 fully saturated rings. The Kier molecular flexibility index (Phi) is 5.92. The van der Waals surface area contributed by atoms with Crippen molar-refractivity contribution in [1.82, 2.24) is 5.32 Å². The number of hydrogen-bond acceptors (Lipinski definition) is 3. The number of ether oxygens (including phenoxy) is 2. The molecule has 0 amide bonds. The van der Waals surface area contributed by atoms with Crippen LogP contribution in [0.3, 0.4) is 0 Å².